The molecule has 5 heteroatoms. The fourth-order valence-corrected chi connectivity index (χ4v) is 1.94. The normalized spacial score (nSPS) is 11.1. The van der Waals surface area contributed by atoms with Crippen molar-refractivity contribution in [3.63, 3.8) is 0 Å². The van der Waals surface area contributed by atoms with Gasteiger partial charge in [0.1, 0.15) is 12.1 Å². The summed E-state index contributed by atoms with van der Waals surface area (Å²) in [6.45, 7) is 3.86. The fourth-order valence-electron chi connectivity index (χ4n) is 1.94. The van der Waals surface area contributed by atoms with Crippen molar-refractivity contribution < 1.29 is 4.39 Å². The Labute approximate surface area is 103 Å². The molecule has 0 atom stereocenters. The zero-order valence-electron chi connectivity index (χ0n) is 10.1. The number of aromatic nitrogens is 4. The average molecular weight is 242 g/mol. The number of hydrogen-bond donors (Lipinski definition) is 0. The van der Waals surface area contributed by atoms with Gasteiger partial charge in [0.2, 0.25) is 0 Å². The maximum atomic E-state index is 13.2. The largest absolute Gasteiger partial charge is 0.288 e. The van der Waals surface area contributed by atoms with Crippen LogP contribution in [0.1, 0.15) is 11.4 Å². The van der Waals surface area contributed by atoms with E-state index >= 15 is 0 Å². The molecule has 0 aromatic carbocycles. The summed E-state index contributed by atoms with van der Waals surface area (Å²) < 4.78 is 15.1. The summed E-state index contributed by atoms with van der Waals surface area (Å²) in [6.07, 6.45) is 4.52. The van der Waals surface area contributed by atoms with Crippen molar-refractivity contribution in [2.45, 2.75) is 13.8 Å². The Morgan fingerprint density at radius 1 is 1.17 bits per heavy atom. The van der Waals surface area contributed by atoms with E-state index in [0.29, 0.717) is 11.3 Å². The van der Waals surface area contributed by atoms with Crippen LogP contribution in [0.25, 0.3) is 16.9 Å². The molecule has 0 N–H and O–H groups in total. The highest BCUT2D eigenvalue weighted by molar-refractivity contribution is 5.62. The van der Waals surface area contributed by atoms with Crippen LogP contribution in [-0.2, 0) is 0 Å². The van der Waals surface area contributed by atoms with Crippen LogP contribution < -0.4 is 0 Å². The highest BCUT2D eigenvalue weighted by Gasteiger charge is 2.08. The lowest BCUT2D eigenvalue weighted by Crippen LogP contribution is -1.96. The van der Waals surface area contributed by atoms with Gasteiger partial charge in [-0.1, -0.05) is 0 Å². The van der Waals surface area contributed by atoms with Crippen molar-refractivity contribution in [2.24, 2.45) is 0 Å². The van der Waals surface area contributed by atoms with Crippen LogP contribution in [0.15, 0.2) is 30.9 Å². The quantitative estimate of drug-likeness (QED) is 0.658. The molecule has 0 unspecified atom stereocenters. The molecule has 3 aromatic heterocycles. The summed E-state index contributed by atoms with van der Waals surface area (Å²) in [5.41, 5.74) is 4.01. The zero-order chi connectivity index (χ0) is 12.7. The first-order valence-corrected chi connectivity index (χ1v) is 5.57. The van der Waals surface area contributed by atoms with Gasteiger partial charge >= 0.3 is 0 Å². The number of rotatable bonds is 1. The van der Waals surface area contributed by atoms with Crippen LogP contribution in [0.3, 0.4) is 0 Å². The monoisotopic (exact) mass is 242 g/mol. The lowest BCUT2D eigenvalue weighted by Gasteiger charge is -2.05. The topological polar surface area (TPSA) is 43.1 Å². The van der Waals surface area contributed by atoms with Crippen LogP contribution in [0, 0.1) is 19.7 Å². The third kappa shape index (κ3) is 1.64. The second-order valence-corrected chi connectivity index (χ2v) is 4.20. The minimum absolute atomic E-state index is 0.364. The molecular weight excluding hydrogens is 231 g/mol. The summed E-state index contributed by atoms with van der Waals surface area (Å²) in [4.78, 5) is 12.6. The first-order valence-electron chi connectivity index (χ1n) is 5.57. The smallest absolute Gasteiger partial charge is 0.160 e. The number of fused-ring (bicyclic) bond motifs is 1. The molecule has 18 heavy (non-hydrogen) atoms. The minimum atomic E-state index is -0.364. The summed E-state index contributed by atoms with van der Waals surface area (Å²) in [7, 11) is 0. The molecule has 4 nitrogen and oxygen atoms in total. The molecule has 3 heterocycles. The van der Waals surface area contributed by atoms with Crippen molar-refractivity contribution in [3.05, 3.63) is 48.1 Å². The second kappa shape index (κ2) is 3.87. The van der Waals surface area contributed by atoms with Crippen LogP contribution in [0.5, 0.6) is 0 Å². The molecule has 0 saturated carbocycles. The molecule has 0 radical (unpaired) electrons. The van der Waals surface area contributed by atoms with Crippen LogP contribution in [0.4, 0.5) is 4.39 Å². The Hall–Kier alpha value is -2.30. The highest BCUT2D eigenvalue weighted by Crippen LogP contribution is 2.20. The first-order chi connectivity index (χ1) is 8.65. The molecule has 0 amide bonds. The van der Waals surface area contributed by atoms with E-state index in [-0.39, 0.29) is 5.82 Å². The summed E-state index contributed by atoms with van der Waals surface area (Å²) >= 11 is 0. The van der Waals surface area contributed by atoms with Gasteiger partial charge in [-0.05, 0) is 26.0 Å². The van der Waals surface area contributed by atoms with Gasteiger partial charge in [-0.3, -0.25) is 9.38 Å². The molecule has 0 spiro atoms. The maximum Gasteiger partial charge on any atom is 0.160 e. The maximum absolute atomic E-state index is 13.2. The van der Waals surface area contributed by atoms with E-state index in [2.05, 4.69) is 15.0 Å². The van der Waals surface area contributed by atoms with E-state index < -0.39 is 0 Å². The fraction of sp³-hybridized carbons (Fsp3) is 0.154. The first kappa shape index (κ1) is 10.8. The van der Waals surface area contributed by atoms with Crippen LogP contribution >= 0.6 is 0 Å². The van der Waals surface area contributed by atoms with E-state index in [0.717, 1.165) is 17.0 Å². The van der Waals surface area contributed by atoms with Gasteiger partial charge in [0.25, 0.3) is 0 Å². The van der Waals surface area contributed by atoms with E-state index in [1.54, 1.807) is 12.5 Å². The van der Waals surface area contributed by atoms with E-state index in [1.165, 1.54) is 12.3 Å². The van der Waals surface area contributed by atoms with E-state index in [9.17, 15) is 4.39 Å². The Bertz CT molecular complexity index is 733. The highest BCUT2D eigenvalue weighted by atomic mass is 19.1. The molecule has 0 fully saturated rings. The number of imidazole rings is 1. The predicted octanol–water partition coefficient (Wildman–Crippen LogP) is 2.55. The minimum Gasteiger partial charge on any atom is -0.288 e. The molecule has 0 aliphatic carbocycles. The van der Waals surface area contributed by atoms with Crippen LogP contribution in [0.2, 0.25) is 0 Å². The van der Waals surface area contributed by atoms with Gasteiger partial charge < -0.3 is 0 Å². The van der Waals surface area contributed by atoms with Crippen molar-refractivity contribution in [1.29, 1.82) is 0 Å². The number of nitrogens with zero attached hydrogens (tertiary/aromatic N) is 4. The molecule has 90 valence electrons. The van der Waals surface area contributed by atoms with Gasteiger partial charge in [0, 0.05) is 17.5 Å². The SMILES string of the molecule is Cc1ncn2c(C)cc(-c3cncc(F)c3)nc12. The van der Waals surface area contributed by atoms with Gasteiger partial charge in [-0.2, -0.15) is 0 Å². The van der Waals surface area contributed by atoms with E-state index in [4.69, 9.17) is 0 Å². The average Bonchev–Trinajstić information content (AvgIpc) is 2.72. The second-order valence-electron chi connectivity index (χ2n) is 4.20. The summed E-state index contributed by atoms with van der Waals surface area (Å²) in [5, 5.41) is 0. The van der Waals surface area contributed by atoms with Gasteiger partial charge in [0.05, 0.1) is 17.6 Å². The third-order valence-electron chi connectivity index (χ3n) is 2.87. The molecule has 0 aliphatic heterocycles. The molecule has 0 bridgehead atoms. The molecule has 3 aromatic rings. The Morgan fingerprint density at radius 3 is 2.78 bits per heavy atom. The number of pyridine rings is 1. The van der Waals surface area contributed by atoms with Gasteiger partial charge in [-0.15, -0.1) is 0 Å². The lowest BCUT2D eigenvalue weighted by molar-refractivity contribution is 0.622. The number of aryl methyl sites for hydroxylation is 2. The van der Waals surface area contributed by atoms with E-state index in [1.807, 2.05) is 24.3 Å². The Balaban J connectivity index is 2.27. The summed E-state index contributed by atoms with van der Waals surface area (Å²) in [6, 6.07) is 3.32. The predicted molar refractivity (Wildman–Crippen MR) is 65.7 cm³/mol. The number of hydrogen-bond acceptors (Lipinski definition) is 3. The Kier molecular flexibility index (Phi) is 2.33. The van der Waals surface area contributed by atoms with Crippen molar-refractivity contribution in [2.75, 3.05) is 0 Å². The zero-order valence-corrected chi connectivity index (χ0v) is 10.1. The van der Waals surface area contributed by atoms with Crippen molar-refractivity contribution >= 4 is 5.65 Å². The third-order valence-corrected chi connectivity index (χ3v) is 2.87. The van der Waals surface area contributed by atoms with Gasteiger partial charge in [0.15, 0.2) is 5.65 Å². The molecule has 0 aliphatic rings. The van der Waals surface area contributed by atoms with Crippen molar-refractivity contribution in [1.82, 2.24) is 19.4 Å². The standard InChI is InChI=1S/C13H11FN4/c1-8-3-12(10-4-11(14)6-15-5-10)17-13-9(2)16-7-18(8)13/h3-7H,1-2H3. The molecule has 0 saturated heterocycles. The van der Waals surface area contributed by atoms with Crippen molar-refractivity contribution in [3.8, 4) is 11.3 Å². The number of halogens is 1. The van der Waals surface area contributed by atoms with Gasteiger partial charge in [-0.25, -0.2) is 14.4 Å². The molecular formula is C13H11FN4. The molecule has 3 rings (SSSR count). The lowest BCUT2D eigenvalue weighted by atomic mass is 10.2. The van der Waals surface area contributed by atoms with Crippen LogP contribution in [-0.4, -0.2) is 19.4 Å². The Morgan fingerprint density at radius 2 is 2.00 bits per heavy atom. The summed E-state index contributed by atoms with van der Waals surface area (Å²) in [5.74, 6) is -0.364.